The van der Waals surface area contributed by atoms with Crippen LogP contribution in [0.1, 0.15) is 10.6 Å². The van der Waals surface area contributed by atoms with Crippen molar-refractivity contribution in [2.24, 2.45) is 0 Å². The fraction of sp³-hybridized carbons (Fsp3) is 0. The number of fused-ring (bicyclic) bond motifs is 1. The molecule has 0 saturated heterocycles. The van der Waals surface area contributed by atoms with Gasteiger partial charge in [-0.25, -0.2) is 4.79 Å². The van der Waals surface area contributed by atoms with Crippen molar-refractivity contribution in [2.45, 2.75) is 0 Å². The molecule has 0 amide bonds. The minimum Gasteiger partial charge on any atom is -0.475 e. The molecule has 3 heteroatoms. The Kier molecular flexibility index (Phi) is 2.38. The van der Waals surface area contributed by atoms with Crippen LogP contribution in [0.4, 0.5) is 0 Å². The highest BCUT2D eigenvalue weighted by Gasteiger charge is 2.20. The summed E-state index contributed by atoms with van der Waals surface area (Å²) in [6.07, 6.45) is 0. The number of carboxylic acid groups (broad SMARTS) is 1. The average molecular weight is 238 g/mol. The molecule has 0 unspecified atom stereocenters. The topological polar surface area (TPSA) is 50.4 Å². The highest BCUT2D eigenvalue weighted by Crippen LogP contribution is 2.34. The molecule has 0 aliphatic rings. The number of hydrogen-bond donors (Lipinski definition) is 1. The third-order valence-electron chi connectivity index (χ3n) is 2.85. The molecule has 1 heterocycles. The van der Waals surface area contributed by atoms with E-state index in [1.54, 1.807) is 6.07 Å². The summed E-state index contributed by atoms with van der Waals surface area (Å²) in [5.74, 6) is -1.06. The standard InChI is InChI=1S/C15H10O3/c16-15(17)14-13(10-6-2-1-3-7-10)11-8-4-5-9-12(11)18-14/h1-9H,(H,16,17). The first kappa shape index (κ1) is 10.6. The van der Waals surface area contributed by atoms with Crippen molar-refractivity contribution in [3.63, 3.8) is 0 Å². The van der Waals surface area contributed by atoms with E-state index in [1.165, 1.54) is 0 Å². The van der Waals surface area contributed by atoms with Crippen LogP contribution in [0, 0.1) is 0 Å². The predicted octanol–water partition coefficient (Wildman–Crippen LogP) is 3.80. The molecular formula is C15H10O3. The Bertz CT molecular complexity index is 711. The van der Waals surface area contributed by atoms with E-state index < -0.39 is 5.97 Å². The summed E-state index contributed by atoms with van der Waals surface area (Å²) in [5, 5.41) is 10.1. The molecule has 0 aliphatic heterocycles. The minimum atomic E-state index is -1.05. The summed E-state index contributed by atoms with van der Waals surface area (Å²) in [5.41, 5.74) is 2.08. The molecule has 0 atom stereocenters. The number of rotatable bonds is 2. The van der Waals surface area contributed by atoms with Gasteiger partial charge in [0.25, 0.3) is 0 Å². The Balaban J connectivity index is 2.38. The first-order valence-electron chi connectivity index (χ1n) is 5.57. The minimum absolute atomic E-state index is 0.0117. The van der Waals surface area contributed by atoms with Gasteiger partial charge in [0.15, 0.2) is 0 Å². The van der Waals surface area contributed by atoms with Crippen molar-refractivity contribution in [1.82, 2.24) is 0 Å². The SMILES string of the molecule is O=C(O)c1oc2ccccc2c1-c1ccccc1. The summed E-state index contributed by atoms with van der Waals surface area (Å²) in [6, 6.07) is 16.7. The molecule has 0 radical (unpaired) electrons. The van der Waals surface area contributed by atoms with Crippen LogP contribution in [0.25, 0.3) is 22.1 Å². The number of furan rings is 1. The molecule has 0 bridgehead atoms. The number of carbonyl (C=O) groups is 1. The maximum atomic E-state index is 11.3. The normalized spacial score (nSPS) is 10.7. The zero-order valence-corrected chi connectivity index (χ0v) is 9.46. The summed E-state index contributed by atoms with van der Waals surface area (Å²) in [4.78, 5) is 11.3. The van der Waals surface area contributed by atoms with Gasteiger partial charge in [-0.15, -0.1) is 0 Å². The zero-order chi connectivity index (χ0) is 12.5. The van der Waals surface area contributed by atoms with Crippen molar-refractivity contribution in [2.75, 3.05) is 0 Å². The zero-order valence-electron chi connectivity index (χ0n) is 9.46. The lowest BCUT2D eigenvalue weighted by Gasteiger charge is -1.99. The maximum absolute atomic E-state index is 11.3. The highest BCUT2D eigenvalue weighted by molar-refractivity contribution is 6.05. The average Bonchev–Trinajstić information content (AvgIpc) is 2.79. The first-order chi connectivity index (χ1) is 8.77. The second-order valence-corrected chi connectivity index (χ2v) is 3.97. The predicted molar refractivity (Wildman–Crippen MR) is 68.6 cm³/mol. The molecule has 0 spiro atoms. The van der Waals surface area contributed by atoms with Gasteiger partial charge in [0.05, 0.1) is 0 Å². The van der Waals surface area contributed by atoms with Crippen molar-refractivity contribution in [3.8, 4) is 11.1 Å². The second-order valence-electron chi connectivity index (χ2n) is 3.97. The van der Waals surface area contributed by atoms with E-state index in [1.807, 2.05) is 48.5 Å². The number of para-hydroxylation sites is 1. The molecule has 3 nitrogen and oxygen atoms in total. The molecule has 2 aromatic carbocycles. The molecule has 0 fully saturated rings. The van der Waals surface area contributed by atoms with Crippen molar-refractivity contribution < 1.29 is 14.3 Å². The molecule has 18 heavy (non-hydrogen) atoms. The maximum Gasteiger partial charge on any atom is 0.372 e. The smallest absolute Gasteiger partial charge is 0.372 e. The number of hydrogen-bond acceptors (Lipinski definition) is 2. The van der Waals surface area contributed by atoms with Crippen LogP contribution in [0.2, 0.25) is 0 Å². The number of benzene rings is 2. The van der Waals surface area contributed by atoms with Gasteiger partial charge in [-0.1, -0.05) is 48.5 Å². The number of carboxylic acids is 1. The third-order valence-corrected chi connectivity index (χ3v) is 2.85. The van der Waals surface area contributed by atoms with Gasteiger partial charge in [-0.2, -0.15) is 0 Å². The van der Waals surface area contributed by atoms with E-state index in [4.69, 9.17) is 4.42 Å². The van der Waals surface area contributed by atoms with Gasteiger partial charge in [0.1, 0.15) is 5.58 Å². The highest BCUT2D eigenvalue weighted by atomic mass is 16.4. The summed E-state index contributed by atoms with van der Waals surface area (Å²) in [7, 11) is 0. The summed E-state index contributed by atoms with van der Waals surface area (Å²) in [6.45, 7) is 0. The molecule has 0 saturated carbocycles. The van der Waals surface area contributed by atoms with Crippen LogP contribution >= 0.6 is 0 Å². The Morgan fingerprint density at radius 1 is 0.944 bits per heavy atom. The molecule has 88 valence electrons. The van der Waals surface area contributed by atoms with Gasteiger partial charge in [0, 0.05) is 10.9 Å². The van der Waals surface area contributed by atoms with Gasteiger partial charge < -0.3 is 9.52 Å². The van der Waals surface area contributed by atoms with Crippen LogP contribution in [0.3, 0.4) is 0 Å². The summed E-state index contributed by atoms with van der Waals surface area (Å²) >= 11 is 0. The lowest BCUT2D eigenvalue weighted by molar-refractivity contribution is 0.0666. The molecule has 3 rings (SSSR count). The van der Waals surface area contributed by atoms with E-state index in [2.05, 4.69) is 0 Å². The van der Waals surface area contributed by atoms with Gasteiger partial charge in [-0.05, 0) is 11.6 Å². The van der Waals surface area contributed by atoms with Gasteiger partial charge >= 0.3 is 5.97 Å². The first-order valence-corrected chi connectivity index (χ1v) is 5.57. The summed E-state index contributed by atoms with van der Waals surface area (Å²) < 4.78 is 5.42. The monoisotopic (exact) mass is 238 g/mol. The van der Waals surface area contributed by atoms with E-state index in [0.717, 1.165) is 10.9 Å². The van der Waals surface area contributed by atoms with E-state index >= 15 is 0 Å². The number of aromatic carboxylic acids is 1. The van der Waals surface area contributed by atoms with Crippen LogP contribution in [0.5, 0.6) is 0 Å². The van der Waals surface area contributed by atoms with Gasteiger partial charge in [0.2, 0.25) is 5.76 Å². The fourth-order valence-corrected chi connectivity index (χ4v) is 2.09. The second kappa shape index (κ2) is 4.04. The lowest BCUT2D eigenvalue weighted by atomic mass is 10.0. The van der Waals surface area contributed by atoms with Crippen molar-refractivity contribution in [1.29, 1.82) is 0 Å². The van der Waals surface area contributed by atoms with Crippen molar-refractivity contribution >= 4 is 16.9 Å². The van der Waals surface area contributed by atoms with E-state index in [9.17, 15) is 9.90 Å². The van der Waals surface area contributed by atoms with E-state index in [-0.39, 0.29) is 5.76 Å². The Labute approximate surface area is 103 Å². The quantitative estimate of drug-likeness (QED) is 0.738. The molecule has 1 aromatic heterocycles. The largest absolute Gasteiger partial charge is 0.475 e. The molecule has 3 aromatic rings. The molecule has 1 N–H and O–H groups in total. The van der Waals surface area contributed by atoms with E-state index in [0.29, 0.717) is 11.1 Å². The van der Waals surface area contributed by atoms with Crippen LogP contribution in [-0.4, -0.2) is 11.1 Å². The van der Waals surface area contributed by atoms with Gasteiger partial charge in [-0.3, -0.25) is 0 Å². The van der Waals surface area contributed by atoms with Crippen LogP contribution in [0.15, 0.2) is 59.0 Å². The van der Waals surface area contributed by atoms with Crippen LogP contribution in [-0.2, 0) is 0 Å². The van der Waals surface area contributed by atoms with Crippen LogP contribution < -0.4 is 0 Å². The Morgan fingerprint density at radius 3 is 2.33 bits per heavy atom. The third kappa shape index (κ3) is 1.57. The Morgan fingerprint density at radius 2 is 1.61 bits per heavy atom. The molecule has 0 aliphatic carbocycles. The lowest BCUT2D eigenvalue weighted by Crippen LogP contribution is -1.95. The fourth-order valence-electron chi connectivity index (χ4n) is 2.09. The van der Waals surface area contributed by atoms with Crippen molar-refractivity contribution in [3.05, 3.63) is 60.4 Å². The Hall–Kier alpha value is -2.55. The molecular weight excluding hydrogens is 228 g/mol.